The van der Waals surface area contributed by atoms with Gasteiger partial charge in [-0.1, -0.05) is 12.1 Å². The third kappa shape index (κ3) is 5.89. The number of carbonyl (C=O) groups is 4. The van der Waals surface area contributed by atoms with E-state index in [0.717, 1.165) is 12.5 Å². The molecule has 2 unspecified atom stereocenters. The predicted octanol–water partition coefficient (Wildman–Crippen LogP) is 2.94. The van der Waals surface area contributed by atoms with E-state index < -0.39 is 46.6 Å². The Hall–Kier alpha value is -3.77. The van der Waals surface area contributed by atoms with Crippen molar-refractivity contribution in [3.63, 3.8) is 0 Å². The maximum Gasteiger partial charge on any atom is 0.326 e. The van der Waals surface area contributed by atoms with Gasteiger partial charge in [0.1, 0.15) is 11.8 Å². The Morgan fingerprint density at radius 1 is 1.17 bits per heavy atom. The minimum absolute atomic E-state index is 0.0223. The molecule has 0 aromatic heterocycles. The summed E-state index contributed by atoms with van der Waals surface area (Å²) in [5.74, 6) is -4.99. The van der Waals surface area contributed by atoms with Gasteiger partial charge in [-0.25, -0.2) is 9.18 Å². The van der Waals surface area contributed by atoms with E-state index in [1.807, 2.05) is 5.32 Å². The lowest BCUT2D eigenvalue weighted by molar-refractivity contribution is -0.142. The van der Waals surface area contributed by atoms with Crippen LogP contribution in [0.1, 0.15) is 24.0 Å². The van der Waals surface area contributed by atoms with Crippen molar-refractivity contribution in [2.45, 2.75) is 31.3 Å². The molecule has 2 fully saturated rings. The second kappa shape index (κ2) is 10.9. The molecule has 0 radical (unpaired) electrons. The van der Waals surface area contributed by atoms with Crippen molar-refractivity contribution in [2.24, 2.45) is 0 Å². The molecule has 2 aromatic carbocycles. The van der Waals surface area contributed by atoms with E-state index in [1.54, 1.807) is 12.1 Å². The van der Waals surface area contributed by atoms with E-state index >= 15 is 0 Å². The van der Waals surface area contributed by atoms with Crippen LogP contribution in [0.5, 0.6) is 11.5 Å². The van der Waals surface area contributed by atoms with Crippen LogP contribution in [0, 0.1) is 11.6 Å². The maximum absolute atomic E-state index is 14.6. The van der Waals surface area contributed by atoms with Gasteiger partial charge in [-0.2, -0.15) is 4.39 Å². The lowest BCUT2D eigenvalue weighted by Crippen LogP contribution is -2.49. The fourth-order valence-electron chi connectivity index (χ4n) is 3.74. The summed E-state index contributed by atoms with van der Waals surface area (Å²) in [4.78, 5) is 46.7. The average molecular weight is 518 g/mol. The van der Waals surface area contributed by atoms with Crippen LogP contribution in [0.3, 0.4) is 0 Å². The molecule has 2 heterocycles. The van der Waals surface area contributed by atoms with E-state index in [1.165, 1.54) is 24.3 Å². The van der Waals surface area contributed by atoms with Gasteiger partial charge in [0, 0.05) is 12.0 Å². The van der Waals surface area contributed by atoms with Crippen molar-refractivity contribution in [2.75, 3.05) is 6.54 Å². The lowest BCUT2D eigenvalue weighted by atomic mass is 10.1. The molecule has 2 aromatic rings. The summed E-state index contributed by atoms with van der Waals surface area (Å²) in [6, 6.07) is 6.92. The zero-order valence-electron chi connectivity index (χ0n) is 18.7. The normalized spacial score (nSPS) is 19.3. The number of hydrogen-bond acceptors (Lipinski definition) is 7. The quantitative estimate of drug-likeness (QED) is 0.393. The molecule has 4 rings (SSSR count). The Balaban J connectivity index is 1.42. The minimum atomic E-state index is -1.28. The third-order valence-corrected chi connectivity index (χ3v) is 6.40. The number of halogens is 2. The number of rotatable bonds is 8. The summed E-state index contributed by atoms with van der Waals surface area (Å²) in [6.45, 7) is 0.708. The first-order valence-corrected chi connectivity index (χ1v) is 11.8. The molecule has 2 atom stereocenters. The fourth-order valence-corrected chi connectivity index (χ4v) is 4.41. The van der Waals surface area contributed by atoms with Gasteiger partial charge in [0.25, 0.3) is 11.1 Å². The van der Waals surface area contributed by atoms with E-state index in [-0.39, 0.29) is 28.5 Å². The zero-order valence-corrected chi connectivity index (χ0v) is 19.5. The number of thioether (sulfide) groups is 1. The second-order valence-electron chi connectivity index (χ2n) is 8.13. The van der Waals surface area contributed by atoms with Gasteiger partial charge < -0.3 is 20.5 Å². The molecule has 2 aliphatic rings. The first-order valence-electron chi connectivity index (χ1n) is 11.0. The molecule has 4 N–H and O–H groups in total. The topological polar surface area (TPSA) is 134 Å². The second-order valence-corrected chi connectivity index (χ2v) is 9.15. The molecule has 36 heavy (non-hydrogen) atoms. The highest BCUT2D eigenvalue weighted by Crippen LogP contribution is 2.31. The highest BCUT2D eigenvalue weighted by Gasteiger charge is 2.28. The number of carbonyl (C=O) groups excluding carboxylic acids is 3. The predicted molar refractivity (Wildman–Crippen MR) is 126 cm³/mol. The van der Waals surface area contributed by atoms with E-state index in [2.05, 4.69) is 10.6 Å². The molecule has 0 aliphatic carbocycles. The van der Waals surface area contributed by atoms with Crippen LogP contribution < -0.4 is 20.7 Å². The average Bonchev–Trinajstić information content (AvgIpc) is 3.49. The number of aliphatic carboxylic acids is 1. The summed E-state index contributed by atoms with van der Waals surface area (Å²) >= 11 is 0.585. The van der Waals surface area contributed by atoms with Crippen LogP contribution in [-0.4, -0.2) is 46.8 Å². The summed E-state index contributed by atoms with van der Waals surface area (Å²) in [6.07, 6.45) is 2.59. The van der Waals surface area contributed by atoms with Gasteiger partial charge in [0.2, 0.25) is 11.7 Å². The molecule has 188 valence electrons. The molecular formula is C24H21F2N3O6S. The molecule has 0 spiro atoms. The number of benzene rings is 2. The molecule has 2 saturated heterocycles. The summed E-state index contributed by atoms with van der Waals surface area (Å²) < 4.78 is 34.5. The third-order valence-electron chi connectivity index (χ3n) is 5.59. The Morgan fingerprint density at radius 3 is 2.53 bits per heavy atom. The highest BCUT2D eigenvalue weighted by atomic mass is 32.2. The van der Waals surface area contributed by atoms with Crippen molar-refractivity contribution in [3.05, 3.63) is 64.1 Å². The molecule has 9 nitrogen and oxygen atoms in total. The van der Waals surface area contributed by atoms with Crippen LogP contribution in [0.4, 0.5) is 13.6 Å². The first-order chi connectivity index (χ1) is 17.2. The van der Waals surface area contributed by atoms with Crippen LogP contribution in [0.2, 0.25) is 0 Å². The number of imide groups is 1. The largest absolute Gasteiger partial charge is 0.480 e. The minimum Gasteiger partial charge on any atom is -0.480 e. The summed E-state index contributed by atoms with van der Waals surface area (Å²) in [7, 11) is 0. The van der Waals surface area contributed by atoms with Crippen molar-refractivity contribution < 1.29 is 37.8 Å². The molecule has 0 bridgehead atoms. The maximum atomic E-state index is 14.6. The number of ether oxygens (including phenoxy) is 1. The van der Waals surface area contributed by atoms with E-state index in [4.69, 9.17) is 4.74 Å². The van der Waals surface area contributed by atoms with Crippen molar-refractivity contribution in [3.8, 4) is 11.5 Å². The molecule has 2 aliphatic heterocycles. The smallest absolute Gasteiger partial charge is 0.326 e. The lowest BCUT2D eigenvalue weighted by Gasteiger charge is -2.18. The Morgan fingerprint density at radius 2 is 1.92 bits per heavy atom. The number of carboxylic acids is 1. The highest BCUT2D eigenvalue weighted by molar-refractivity contribution is 8.18. The fraction of sp³-hybridized carbons (Fsp3) is 0.250. The van der Waals surface area contributed by atoms with Gasteiger partial charge in [-0.05, 0) is 67.1 Å². The van der Waals surface area contributed by atoms with E-state index in [0.29, 0.717) is 30.3 Å². The monoisotopic (exact) mass is 517 g/mol. The molecular weight excluding hydrogens is 496 g/mol. The first kappa shape index (κ1) is 25.3. The molecule has 12 heteroatoms. The van der Waals surface area contributed by atoms with Gasteiger partial charge >= 0.3 is 5.97 Å². The van der Waals surface area contributed by atoms with Crippen LogP contribution >= 0.6 is 11.8 Å². The Kier molecular flexibility index (Phi) is 7.65. The van der Waals surface area contributed by atoms with Gasteiger partial charge in [0.15, 0.2) is 11.6 Å². The zero-order chi connectivity index (χ0) is 25.8. The standard InChI is InChI=1S/C24H21F2N3O6S/c25-19-13(11-18-22(31)29-24(34)36-18)5-8-17(20(19)26)35-14-6-3-12(4-7-14)10-16(23(32)33)28-21(30)15-2-1-9-27-15/h3-8,11,15-16,27H,1-2,9-10H2,(H,28,30)(H,32,33)(H,29,31,34)/b18-11+. The number of hydrogen-bond donors (Lipinski definition) is 4. The van der Waals surface area contributed by atoms with Gasteiger partial charge in [0.05, 0.1) is 10.9 Å². The van der Waals surface area contributed by atoms with Crippen LogP contribution in [0.15, 0.2) is 41.3 Å². The van der Waals surface area contributed by atoms with Crippen molar-refractivity contribution in [1.82, 2.24) is 16.0 Å². The number of carboxylic acid groups (broad SMARTS) is 1. The number of amides is 3. The van der Waals surface area contributed by atoms with Crippen LogP contribution in [-0.2, 0) is 20.8 Å². The number of nitrogens with one attached hydrogen (secondary N) is 3. The SMILES string of the molecule is O=C1NC(=O)/C(=C\c2ccc(Oc3ccc(CC(NC(=O)C4CCCN4)C(=O)O)cc3)c(F)c2F)S1. The summed E-state index contributed by atoms with van der Waals surface area (Å²) in [5.41, 5.74) is 0.363. The van der Waals surface area contributed by atoms with Gasteiger partial charge in [-0.15, -0.1) is 0 Å². The van der Waals surface area contributed by atoms with Crippen molar-refractivity contribution >= 4 is 40.9 Å². The Bertz CT molecular complexity index is 1250. The van der Waals surface area contributed by atoms with Gasteiger partial charge in [-0.3, -0.25) is 19.7 Å². The van der Waals surface area contributed by atoms with Crippen LogP contribution in [0.25, 0.3) is 6.08 Å². The molecule has 0 saturated carbocycles. The van der Waals surface area contributed by atoms with E-state index in [9.17, 15) is 33.1 Å². The van der Waals surface area contributed by atoms with Crippen molar-refractivity contribution in [1.29, 1.82) is 0 Å². The Labute approximate surface area is 208 Å². The summed E-state index contributed by atoms with van der Waals surface area (Å²) in [5, 5.41) is 16.5. The molecule has 3 amide bonds.